The second-order valence-electron chi connectivity index (χ2n) is 6.15. The van der Waals surface area contributed by atoms with Crippen molar-refractivity contribution in [3.8, 4) is 5.75 Å². The summed E-state index contributed by atoms with van der Waals surface area (Å²) in [5.74, 6) is 1.05. The van der Waals surface area contributed by atoms with Crippen LogP contribution in [0.1, 0.15) is 28.7 Å². The Bertz CT molecular complexity index is 569. The van der Waals surface area contributed by atoms with Gasteiger partial charge in [0.15, 0.2) is 0 Å². The molecule has 2 aromatic rings. The van der Waals surface area contributed by atoms with Crippen LogP contribution in [0.4, 0.5) is 0 Å². The molecule has 0 aliphatic heterocycles. The molecule has 0 aliphatic carbocycles. The van der Waals surface area contributed by atoms with Crippen LogP contribution >= 0.6 is 0 Å². The lowest BCUT2D eigenvalue weighted by molar-refractivity contribution is 0.257. The normalized spacial score (nSPS) is 11.0. The van der Waals surface area contributed by atoms with Crippen molar-refractivity contribution in [3.05, 3.63) is 64.7 Å². The molecule has 0 atom stereocenters. The molecule has 118 valence electrons. The molecule has 2 rings (SSSR count). The second-order valence-corrected chi connectivity index (χ2v) is 6.15. The summed E-state index contributed by atoms with van der Waals surface area (Å²) in [5, 5.41) is 0. The topological polar surface area (TPSA) is 12.5 Å². The lowest BCUT2D eigenvalue weighted by Gasteiger charge is -2.18. The van der Waals surface area contributed by atoms with Gasteiger partial charge < -0.3 is 9.64 Å². The zero-order valence-corrected chi connectivity index (χ0v) is 14.2. The highest BCUT2D eigenvalue weighted by atomic mass is 16.5. The highest BCUT2D eigenvalue weighted by Gasteiger charge is 2.05. The molecule has 0 bridgehead atoms. The molecule has 0 unspecified atom stereocenters. The van der Waals surface area contributed by atoms with E-state index < -0.39 is 0 Å². The first kappa shape index (κ1) is 16.6. The van der Waals surface area contributed by atoms with Gasteiger partial charge >= 0.3 is 0 Å². The fourth-order valence-corrected chi connectivity index (χ4v) is 2.88. The van der Waals surface area contributed by atoms with E-state index in [-0.39, 0.29) is 0 Å². The minimum absolute atomic E-state index is 0.768. The van der Waals surface area contributed by atoms with Crippen molar-refractivity contribution >= 4 is 0 Å². The lowest BCUT2D eigenvalue weighted by atomic mass is 10.1. The third-order valence-electron chi connectivity index (χ3n) is 3.83. The molecule has 0 amide bonds. The Kier molecular flexibility index (Phi) is 6.02. The number of hydrogen-bond donors (Lipinski definition) is 0. The molecule has 2 aromatic carbocycles. The summed E-state index contributed by atoms with van der Waals surface area (Å²) in [6.45, 7) is 9.17. The summed E-state index contributed by atoms with van der Waals surface area (Å²) < 4.78 is 6.00. The minimum Gasteiger partial charge on any atom is -0.493 e. The first-order chi connectivity index (χ1) is 10.6. The second kappa shape index (κ2) is 8.00. The third kappa shape index (κ3) is 4.88. The van der Waals surface area contributed by atoms with Crippen LogP contribution in [-0.4, -0.2) is 25.1 Å². The van der Waals surface area contributed by atoms with Gasteiger partial charge in [-0.3, -0.25) is 0 Å². The van der Waals surface area contributed by atoms with E-state index in [0.29, 0.717) is 0 Å². The van der Waals surface area contributed by atoms with E-state index in [9.17, 15) is 0 Å². The smallest absolute Gasteiger partial charge is 0.125 e. The Balaban J connectivity index is 1.75. The summed E-state index contributed by atoms with van der Waals surface area (Å²) in [4.78, 5) is 2.34. The molecule has 0 spiro atoms. The molecule has 22 heavy (non-hydrogen) atoms. The molecule has 0 saturated heterocycles. The van der Waals surface area contributed by atoms with E-state index in [1.54, 1.807) is 0 Å². The molecule has 0 aliphatic rings. The molecule has 0 aromatic heterocycles. The summed E-state index contributed by atoms with van der Waals surface area (Å²) in [6, 6.07) is 15.0. The molecule has 0 N–H and O–H groups in total. The SMILES string of the molecule is Cc1cc(C)c(OCCCN(C)Cc2ccccc2)c(C)c1. The predicted molar refractivity (Wildman–Crippen MR) is 93.5 cm³/mol. The Morgan fingerprint density at radius 1 is 0.955 bits per heavy atom. The first-order valence-corrected chi connectivity index (χ1v) is 7.99. The zero-order chi connectivity index (χ0) is 15.9. The molecular formula is C20H27NO. The maximum atomic E-state index is 6.00. The van der Waals surface area contributed by atoms with Gasteiger partial charge in [-0.15, -0.1) is 0 Å². The zero-order valence-electron chi connectivity index (χ0n) is 14.2. The van der Waals surface area contributed by atoms with Gasteiger partial charge in [-0.05, 0) is 50.9 Å². The lowest BCUT2D eigenvalue weighted by Crippen LogP contribution is -2.20. The van der Waals surface area contributed by atoms with Crippen LogP contribution < -0.4 is 4.74 Å². The van der Waals surface area contributed by atoms with Gasteiger partial charge in [0.05, 0.1) is 6.61 Å². The molecule has 0 saturated carbocycles. The number of nitrogens with zero attached hydrogens (tertiary/aromatic N) is 1. The van der Waals surface area contributed by atoms with Crippen LogP contribution in [0.2, 0.25) is 0 Å². The van der Waals surface area contributed by atoms with Crippen molar-refractivity contribution in [1.29, 1.82) is 0 Å². The monoisotopic (exact) mass is 297 g/mol. The number of ether oxygens (including phenoxy) is 1. The van der Waals surface area contributed by atoms with Gasteiger partial charge in [-0.25, -0.2) is 0 Å². The van der Waals surface area contributed by atoms with Gasteiger partial charge in [0, 0.05) is 13.1 Å². The van der Waals surface area contributed by atoms with Crippen LogP contribution in [0.15, 0.2) is 42.5 Å². The molecule has 0 heterocycles. The van der Waals surface area contributed by atoms with Gasteiger partial charge in [-0.1, -0.05) is 48.0 Å². The highest BCUT2D eigenvalue weighted by Crippen LogP contribution is 2.24. The highest BCUT2D eigenvalue weighted by molar-refractivity contribution is 5.42. The van der Waals surface area contributed by atoms with Crippen molar-refractivity contribution < 1.29 is 4.74 Å². The van der Waals surface area contributed by atoms with Gasteiger partial charge in [-0.2, -0.15) is 0 Å². The Morgan fingerprint density at radius 3 is 2.23 bits per heavy atom. The fraction of sp³-hybridized carbons (Fsp3) is 0.400. The van der Waals surface area contributed by atoms with Crippen molar-refractivity contribution in [2.24, 2.45) is 0 Å². The van der Waals surface area contributed by atoms with Gasteiger partial charge in [0.25, 0.3) is 0 Å². The van der Waals surface area contributed by atoms with Crippen molar-refractivity contribution in [3.63, 3.8) is 0 Å². The van der Waals surface area contributed by atoms with Gasteiger partial charge in [0.1, 0.15) is 5.75 Å². The van der Waals surface area contributed by atoms with E-state index in [0.717, 1.165) is 31.9 Å². The number of benzene rings is 2. The van der Waals surface area contributed by atoms with Crippen LogP contribution in [0.25, 0.3) is 0 Å². The van der Waals surface area contributed by atoms with Crippen molar-refractivity contribution in [2.75, 3.05) is 20.2 Å². The van der Waals surface area contributed by atoms with Crippen LogP contribution in [-0.2, 0) is 6.54 Å². The molecule has 2 nitrogen and oxygen atoms in total. The first-order valence-electron chi connectivity index (χ1n) is 7.99. The predicted octanol–water partition coefficient (Wildman–Crippen LogP) is 4.51. The average molecular weight is 297 g/mol. The molecule has 0 radical (unpaired) electrons. The van der Waals surface area contributed by atoms with E-state index in [2.05, 4.69) is 75.2 Å². The Hall–Kier alpha value is -1.80. The van der Waals surface area contributed by atoms with E-state index in [1.165, 1.54) is 22.3 Å². The quantitative estimate of drug-likeness (QED) is 0.697. The van der Waals surface area contributed by atoms with E-state index >= 15 is 0 Å². The van der Waals surface area contributed by atoms with Gasteiger partial charge in [0.2, 0.25) is 0 Å². The van der Waals surface area contributed by atoms with Crippen molar-refractivity contribution in [2.45, 2.75) is 33.7 Å². The summed E-state index contributed by atoms with van der Waals surface area (Å²) in [6.07, 6.45) is 1.04. The molecule has 2 heteroatoms. The largest absolute Gasteiger partial charge is 0.493 e. The summed E-state index contributed by atoms with van der Waals surface area (Å²) >= 11 is 0. The summed E-state index contributed by atoms with van der Waals surface area (Å²) in [5.41, 5.74) is 5.12. The number of aryl methyl sites for hydroxylation is 3. The maximum Gasteiger partial charge on any atom is 0.125 e. The number of rotatable bonds is 7. The van der Waals surface area contributed by atoms with Crippen molar-refractivity contribution in [1.82, 2.24) is 4.90 Å². The van der Waals surface area contributed by atoms with E-state index in [1.807, 2.05) is 0 Å². The maximum absolute atomic E-state index is 6.00. The number of hydrogen-bond acceptors (Lipinski definition) is 2. The Morgan fingerprint density at radius 2 is 1.59 bits per heavy atom. The minimum atomic E-state index is 0.768. The fourth-order valence-electron chi connectivity index (χ4n) is 2.88. The third-order valence-corrected chi connectivity index (χ3v) is 3.83. The Labute approximate surface area is 134 Å². The van der Waals surface area contributed by atoms with Crippen LogP contribution in [0.3, 0.4) is 0 Å². The average Bonchev–Trinajstić information content (AvgIpc) is 2.46. The summed E-state index contributed by atoms with van der Waals surface area (Å²) in [7, 11) is 2.16. The molecule has 0 fully saturated rings. The van der Waals surface area contributed by atoms with Crippen LogP contribution in [0, 0.1) is 20.8 Å². The van der Waals surface area contributed by atoms with Crippen LogP contribution in [0.5, 0.6) is 5.75 Å². The standard InChI is InChI=1S/C20H27NO/c1-16-13-17(2)20(18(3)14-16)22-12-8-11-21(4)15-19-9-6-5-7-10-19/h5-7,9-10,13-14H,8,11-12,15H2,1-4H3. The van der Waals surface area contributed by atoms with E-state index in [4.69, 9.17) is 4.74 Å². The molecular weight excluding hydrogens is 270 g/mol.